The molecule has 25 heavy (non-hydrogen) atoms. The molecule has 2 aromatic rings. The molecule has 0 radical (unpaired) electrons. The van der Waals surface area contributed by atoms with Gasteiger partial charge in [0.2, 0.25) is 6.79 Å². The molecule has 0 atom stereocenters. The van der Waals surface area contributed by atoms with E-state index in [1.54, 1.807) is 0 Å². The van der Waals surface area contributed by atoms with Crippen molar-refractivity contribution in [1.82, 2.24) is 0 Å². The lowest BCUT2D eigenvalue weighted by atomic mass is 9.93. The monoisotopic (exact) mass is 354 g/mol. The zero-order chi connectivity index (χ0) is 16.9. The van der Waals surface area contributed by atoms with Gasteiger partial charge in [-0.3, -0.25) is 9.69 Å². The number of hydrogen-bond acceptors (Lipinski definition) is 5. The average Bonchev–Trinajstić information content (AvgIpc) is 3.10. The molecule has 0 unspecified atom stereocenters. The highest BCUT2D eigenvalue weighted by Gasteiger charge is 2.46. The molecule has 1 saturated heterocycles. The molecule has 5 rings (SSSR count). The van der Waals surface area contributed by atoms with Crippen LogP contribution >= 0.6 is 11.8 Å². The fourth-order valence-corrected chi connectivity index (χ4v) is 5.01. The molecular weight excluding hydrogens is 336 g/mol. The highest BCUT2D eigenvalue weighted by molar-refractivity contribution is 7.99. The van der Waals surface area contributed by atoms with E-state index < -0.39 is 0 Å². The summed E-state index contributed by atoms with van der Waals surface area (Å²) in [5.74, 6) is 3.53. The summed E-state index contributed by atoms with van der Waals surface area (Å²) in [4.78, 5) is 15.3. The van der Waals surface area contributed by atoms with Crippen LogP contribution in [0.1, 0.15) is 23.2 Å². The first-order valence-electron chi connectivity index (χ1n) is 8.46. The van der Waals surface area contributed by atoms with Crippen LogP contribution in [-0.4, -0.2) is 29.9 Å². The number of carbonyl (C=O) groups excluding carboxylic acids is 1. The molecule has 6 heteroatoms. The van der Waals surface area contributed by atoms with Gasteiger partial charge in [0.1, 0.15) is 5.66 Å². The van der Waals surface area contributed by atoms with Gasteiger partial charge in [-0.25, -0.2) is 0 Å². The number of para-hydroxylation sites is 1. The number of nitrogens with zero attached hydrogens (tertiary/aromatic N) is 1. The van der Waals surface area contributed by atoms with E-state index in [9.17, 15) is 4.79 Å². The summed E-state index contributed by atoms with van der Waals surface area (Å²) in [7, 11) is 0. The van der Waals surface area contributed by atoms with Gasteiger partial charge in [-0.1, -0.05) is 12.1 Å². The second kappa shape index (κ2) is 5.59. The minimum absolute atomic E-state index is 0.0418. The Hall–Kier alpha value is -2.34. The molecule has 0 bridgehead atoms. The first-order chi connectivity index (χ1) is 12.3. The number of ether oxygens (including phenoxy) is 2. The van der Waals surface area contributed by atoms with Crippen LogP contribution in [0.4, 0.5) is 11.4 Å². The first-order valence-corrected chi connectivity index (χ1v) is 9.62. The smallest absolute Gasteiger partial charge is 0.262 e. The number of hydrogen-bond donors (Lipinski definition) is 1. The molecule has 3 aliphatic heterocycles. The Labute approximate surface area is 150 Å². The second-order valence-electron chi connectivity index (χ2n) is 6.49. The molecule has 0 aliphatic carbocycles. The number of rotatable bonds is 1. The van der Waals surface area contributed by atoms with Crippen molar-refractivity contribution in [1.29, 1.82) is 0 Å². The summed E-state index contributed by atoms with van der Waals surface area (Å²) < 4.78 is 10.9. The van der Waals surface area contributed by atoms with Crippen molar-refractivity contribution in [2.75, 3.05) is 28.5 Å². The summed E-state index contributed by atoms with van der Waals surface area (Å²) in [6.45, 7) is 0.232. The topological polar surface area (TPSA) is 50.8 Å². The van der Waals surface area contributed by atoms with Gasteiger partial charge in [-0.2, -0.15) is 11.8 Å². The number of anilines is 2. The molecule has 1 N–H and O–H groups in total. The molecule has 0 aromatic heterocycles. The number of nitrogens with one attached hydrogen (secondary N) is 1. The van der Waals surface area contributed by atoms with Crippen molar-refractivity contribution < 1.29 is 14.3 Å². The fraction of sp³-hybridized carbons (Fsp3) is 0.316. The highest BCUT2D eigenvalue weighted by Crippen LogP contribution is 2.44. The summed E-state index contributed by atoms with van der Waals surface area (Å²) in [6, 6.07) is 13.5. The van der Waals surface area contributed by atoms with E-state index >= 15 is 0 Å². The minimum atomic E-state index is -0.385. The van der Waals surface area contributed by atoms with Crippen molar-refractivity contribution in [3.8, 4) is 11.5 Å². The predicted molar refractivity (Wildman–Crippen MR) is 98.7 cm³/mol. The maximum atomic E-state index is 13.4. The van der Waals surface area contributed by atoms with Gasteiger partial charge in [-0.05, 0) is 48.6 Å². The number of fused-ring (bicyclic) bond motifs is 2. The quantitative estimate of drug-likeness (QED) is 0.846. The van der Waals surface area contributed by atoms with E-state index in [4.69, 9.17) is 9.47 Å². The highest BCUT2D eigenvalue weighted by atomic mass is 32.2. The SMILES string of the molecule is O=C1c2ccccc2NC2(CCSCC2)N1c1ccc2c(c1)OCO2. The predicted octanol–water partition coefficient (Wildman–Crippen LogP) is 3.71. The third-order valence-corrected chi connectivity index (χ3v) is 6.08. The lowest BCUT2D eigenvalue weighted by molar-refractivity contribution is 0.0949. The lowest BCUT2D eigenvalue weighted by Crippen LogP contribution is -2.62. The van der Waals surface area contributed by atoms with Crippen molar-refractivity contribution in [3.63, 3.8) is 0 Å². The Morgan fingerprint density at radius 1 is 1.04 bits per heavy atom. The maximum Gasteiger partial charge on any atom is 0.262 e. The molecule has 0 saturated carbocycles. The van der Waals surface area contributed by atoms with Crippen LogP contribution in [0.25, 0.3) is 0 Å². The number of benzene rings is 2. The van der Waals surface area contributed by atoms with Gasteiger partial charge in [0.25, 0.3) is 5.91 Å². The molecular formula is C19H18N2O3S. The van der Waals surface area contributed by atoms with Crippen LogP contribution in [0, 0.1) is 0 Å². The van der Waals surface area contributed by atoms with E-state index in [-0.39, 0.29) is 18.4 Å². The molecule has 1 fully saturated rings. The molecule has 128 valence electrons. The van der Waals surface area contributed by atoms with Crippen LogP contribution in [0.2, 0.25) is 0 Å². The number of thioether (sulfide) groups is 1. The van der Waals surface area contributed by atoms with Crippen molar-refractivity contribution in [3.05, 3.63) is 48.0 Å². The van der Waals surface area contributed by atoms with Gasteiger partial charge in [0, 0.05) is 11.8 Å². The molecule has 1 spiro atoms. The van der Waals surface area contributed by atoms with E-state index in [1.165, 1.54) is 0 Å². The zero-order valence-electron chi connectivity index (χ0n) is 13.7. The van der Waals surface area contributed by atoms with Gasteiger partial charge < -0.3 is 14.8 Å². The van der Waals surface area contributed by atoms with Gasteiger partial charge >= 0.3 is 0 Å². The van der Waals surface area contributed by atoms with E-state index in [2.05, 4.69) is 5.32 Å². The zero-order valence-corrected chi connectivity index (χ0v) is 14.5. The van der Waals surface area contributed by atoms with E-state index in [0.29, 0.717) is 11.3 Å². The number of amides is 1. The number of carbonyl (C=O) groups is 1. The van der Waals surface area contributed by atoms with Crippen LogP contribution in [-0.2, 0) is 0 Å². The molecule has 1 amide bonds. The standard InChI is InChI=1S/C19H18N2O3S/c22-18-14-3-1-2-4-15(14)20-19(7-9-25-10-8-19)21(18)13-5-6-16-17(11-13)24-12-23-16/h1-6,11,20H,7-10,12H2. The average molecular weight is 354 g/mol. The molecule has 5 nitrogen and oxygen atoms in total. The Balaban J connectivity index is 1.65. The molecule has 3 aliphatic rings. The maximum absolute atomic E-state index is 13.4. The van der Waals surface area contributed by atoms with Crippen molar-refractivity contribution >= 4 is 29.0 Å². The van der Waals surface area contributed by atoms with E-state index in [0.717, 1.165) is 41.5 Å². The third kappa shape index (κ3) is 2.28. The summed E-state index contributed by atoms with van der Waals surface area (Å²) in [5, 5.41) is 3.68. The Kier molecular flexibility index (Phi) is 3.35. The Bertz CT molecular complexity index is 848. The van der Waals surface area contributed by atoms with Gasteiger partial charge in [-0.15, -0.1) is 0 Å². The summed E-state index contributed by atoms with van der Waals surface area (Å²) >= 11 is 1.94. The second-order valence-corrected chi connectivity index (χ2v) is 7.72. The normalized spacial score (nSPS) is 20.3. The summed E-state index contributed by atoms with van der Waals surface area (Å²) in [6.07, 6.45) is 1.82. The Morgan fingerprint density at radius 2 is 1.84 bits per heavy atom. The Morgan fingerprint density at radius 3 is 2.72 bits per heavy atom. The first kappa shape index (κ1) is 15.0. The van der Waals surface area contributed by atoms with Crippen LogP contribution in [0.3, 0.4) is 0 Å². The van der Waals surface area contributed by atoms with Gasteiger partial charge in [0.15, 0.2) is 11.5 Å². The van der Waals surface area contributed by atoms with Crippen molar-refractivity contribution in [2.24, 2.45) is 0 Å². The third-order valence-electron chi connectivity index (χ3n) is 5.09. The largest absolute Gasteiger partial charge is 0.454 e. The van der Waals surface area contributed by atoms with Crippen molar-refractivity contribution in [2.45, 2.75) is 18.5 Å². The van der Waals surface area contributed by atoms with Gasteiger partial charge in [0.05, 0.1) is 11.3 Å². The molecule has 2 aromatic carbocycles. The van der Waals surface area contributed by atoms with Crippen LogP contribution < -0.4 is 19.7 Å². The van der Waals surface area contributed by atoms with Crippen LogP contribution in [0.15, 0.2) is 42.5 Å². The lowest BCUT2D eigenvalue weighted by Gasteiger charge is -2.50. The fourth-order valence-electron chi connectivity index (χ4n) is 3.85. The van der Waals surface area contributed by atoms with Crippen LogP contribution in [0.5, 0.6) is 11.5 Å². The molecule has 3 heterocycles. The minimum Gasteiger partial charge on any atom is -0.454 e. The summed E-state index contributed by atoms with van der Waals surface area (Å²) in [5.41, 5.74) is 2.10. The van der Waals surface area contributed by atoms with E-state index in [1.807, 2.05) is 59.1 Å².